The Kier molecular flexibility index (Phi) is 2.97. The molecule has 0 bridgehead atoms. The molecule has 92 valence electrons. The molecule has 0 aromatic heterocycles. The second-order valence-electron chi connectivity index (χ2n) is 3.66. The molecule has 0 atom stereocenters. The summed E-state index contributed by atoms with van der Waals surface area (Å²) in [5.74, 6) is -3.30. The summed E-state index contributed by atoms with van der Waals surface area (Å²) >= 11 is 0. The number of aromatic hydroxyl groups is 1. The summed E-state index contributed by atoms with van der Waals surface area (Å²) in [7, 11) is 0. The van der Waals surface area contributed by atoms with Gasteiger partial charge in [-0.15, -0.1) is 0 Å². The molecule has 2 rings (SSSR count). The van der Waals surface area contributed by atoms with E-state index >= 15 is 0 Å². The van der Waals surface area contributed by atoms with E-state index in [-0.39, 0.29) is 16.7 Å². The molecule has 2 aromatic rings. The van der Waals surface area contributed by atoms with Crippen LogP contribution in [0.2, 0.25) is 0 Å². The van der Waals surface area contributed by atoms with Crippen LogP contribution in [0.1, 0.15) is 10.4 Å². The maximum absolute atomic E-state index is 13.2. The summed E-state index contributed by atoms with van der Waals surface area (Å²) in [6.45, 7) is 0. The molecule has 0 amide bonds. The van der Waals surface area contributed by atoms with Gasteiger partial charge in [0, 0.05) is 0 Å². The van der Waals surface area contributed by atoms with E-state index in [0.717, 1.165) is 30.3 Å². The molecule has 3 nitrogen and oxygen atoms in total. The first kappa shape index (κ1) is 12.0. The van der Waals surface area contributed by atoms with Crippen LogP contribution in [-0.4, -0.2) is 16.2 Å². The Morgan fingerprint density at radius 2 is 1.78 bits per heavy atom. The maximum Gasteiger partial charge on any atom is 0.336 e. The van der Waals surface area contributed by atoms with E-state index in [1.54, 1.807) is 0 Å². The van der Waals surface area contributed by atoms with Gasteiger partial charge in [0.05, 0.1) is 5.56 Å². The summed E-state index contributed by atoms with van der Waals surface area (Å²) < 4.78 is 26.3. The van der Waals surface area contributed by atoms with E-state index in [2.05, 4.69) is 0 Å². The van der Waals surface area contributed by atoms with Crippen LogP contribution >= 0.6 is 0 Å². The average molecular weight is 250 g/mol. The number of aromatic carboxylic acids is 1. The minimum atomic E-state index is -1.24. The molecule has 0 heterocycles. The summed E-state index contributed by atoms with van der Waals surface area (Å²) in [4.78, 5) is 11.0. The molecule has 2 N–H and O–H groups in total. The molecule has 0 aliphatic carbocycles. The quantitative estimate of drug-likeness (QED) is 0.861. The number of phenolic OH excluding ortho intramolecular Hbond substituents is 1. The van der Waals surface area contributed by atoms with Crippen LogP contribution in [0.4, 0.5) is 8.78 Å². The van der Waals surface area contributed by atoms with Crippen molar-refractivity contribution in [2.75, 3.05) is 0 Å². The van der Waals surface area contributed by atoms with E-state index in [0.29, 0.717) is 0 Å². The number of carbonyl (C=O) groups is 1. The van der Waals surface area contributed by atoms with Crippen LogP contribution < -0.4 is 0 Å². The fourth-order valence-corrected chi connectivity index (χ4v) is 1.62. The van der Waals surface area contributed by atoms with Gasteiger partial charge in [0.25, 0.3) is 0 Å². The van der Waals surface area contributed by atoms with Crippen LogP contribution in [0.15, 0.2) is 36.4 Å². The molecule has 0 aliphatic rings. The third-order valence-electron chi connectivity index (χ3n) is 2.47. The highest BCUT2D eigenvalue weighted by Gasteiger charge is 2.14. The highest BCUT2D eigenvalue weighted by atomic mass is 19.1. The molecule has 0 spiro atoms. The van der Waals surface area contributed by atoms with Crippen molar-refractivity contribution in [2.24, 2.45) is 0 Å². The minimum Gasteiger partial charge on any atom is -0.505 e. The lowest BCUT2D eigenvalue weighted by molar-refractivity contribution is 0.0697. The van der Waals surface area contributed by atoms with E-state index in [1.807, 2.05) is 0 Å². The lowest BCUT2D eigenvalue weighted by Gasteiger charge is -2.07. The summed E-state index contributed by atoms with van der Waals surface area (Å²) in [5.41, 5.74) is 0.102. The fourth-order valence-electron chi connectivity index (χ4n) is 1.62. The molecule has 0 saturated heterocycles. The van der Waals surface area contributed by atoms with Gasteiger partial charge in [-0.1, -0.05) is 6.07 Å². The number of halogens is 2. The van der Waals surface area contributed by atoms with Gasteiger partial charge in [-0.2, -0.15) is 0 Å². The van der Waals surface area contributed by atoms with Gasteiger partial charge in [-0.25, -0.2) is 13.6 Å². The van der Waals surface area contributed by atoms with E-state index in [9.17, 15) is 13.6 Å². The number of carboxylic acids is 1. The zero-order valence-corrected chi connectivity index (χ0v) is 9.02. The number of carboxylic acid groups (broad SMARTS) is 1. The van der Waals surface area contributed by atoms with Gasteiger partial charge in [0.2, 0.25) is 0 Å². The maximum atomic E-state index is 13.2. The largest absolute Gasteiger partial charge is 0.505 e. The summed E-state index contributed by atoms with van der Waals surface area (Å²) in [6, 6.07) is 6.49. The molecule has 0 aliphatic heterocycles. The molecule has 18 heavy (non-hydrogen) atoms. The molecule has 0 radical (unpaired) electrons. The SMILES string of the molecule is O=C(O)c1ccc(F)cc1-c1ccc(O)c(F)c1. The molecular weight excluding hydrogens is 242 g/mol. The zero-order valence-electron chi connectivity index (χ0n) is 9.02. The molecule has 2 aromatic carbocycles. The zero-order chi connectivity index (χ0) is 13.3. The van der Waals surface area contributed by atoms with Crippen molar-refractivity contribution in [1.29, 1.82) is 0 Å². The Morgan fingerprint density at radius 3 is 2.39 bits per heavy atom. The lowest BCUT2D eigenvalue weighted by Crippen LogP contribution is -2.00. The molecular formula is C13H8F2O3. The van der Waals surface area contributed by atoms with Crippen molar-refractivity contribution in [3.63, 3.8) is 0 Å². The number of hydrogen-bond donors (Lipinski definition) is 2. The highest BCUT2D eigenvalue weighted by Crippen LogP contribution is 2.28. The van der Waals surface area contributed by atoms with Crippen molar-refractivity contribution < 1.29 is 23.8 Å². The third kappa shape index (κ3) is 2.15. The van der Waals surface area contributed by atoms with Gasteiger partial charge in [0.15, 0.2) is 11.6 Å². The first-order valence-electron chi connectivity index (χ1n) is 5.01. The second kappa shape index (κ2) is 4.44. The smallest absolute Gasteiger partial charge is 0.336 e. The second-order valence-corrected chi connectivity index (χ2v) is 3.66. The van der Waals surface area contributed by atoms with Crippen molar-refractivity contribution in [3.05, 3.63) is 53.6 Å². The van der Waals surface area contributed by atoms with Crippen LogP contribution in [0.25, 0.3) is 11.1 Å². The van der Waals surface area contributed by atoms with Crippen molar-refractivity contribution >= 4 is 5.97 Å². The predicted molar refractivity (Wildman–Crippen MR) is 60.4 cm³/mol. The Hall–Kier alpha value is -2.43. The van der Waals surface area contributed by atoms with E-state index < -0.39 is 23.4 Å². The normalized spacial score (nSPS) is 10.3. The number of hydrogen-bond acceptors (Lipinski definition) is 2. The molecule has 0 unspecified atom stereocenters. The van der Waals surface area contributed by atoms with Crippen LogP contribution in [0.5, 0.6) is 5.75 Å². The van der Waals surface area contributed by atoms with Crippen molar-refractivity contribution in [2.45, 2.75) is 0 Å². The number of benzene rings is 2. The minimum absolute atomic E-state index is 0.0569. The van der Waals surface area contributed by atoms with E-state index in [1.165, 1.54) is 6.07 Å². The molecule has 0 fully saturated rings. The Balaban J connectivity index is 2.65. The summed E-state index contributed by atoms with van der Waals surface area (Å²) in [5, 5.41) is 18.0. The predicted octanol–water partition coefficient (Wildman–Crippen LogP) is 3.04. The monoisotopic (exact) mass is 250 g/mol. The van der Waals surface area contributed by atoms with E-state index in [4.69, 9.17) is 10.2 Å². The lowest BCUT2D eigenvalue weighted by atomic mass is 9.99. The first-order valence-corrected chi connectivity index (χ1v) is 5.01. The van der Waals surface area contributed by atoms with Crippen molar-refractivity contribution in [3.8, 4) is 16.9 Å². The van der Waals surface area contributed by atoms with Gasteiger partial charge in [0.1, 0.15) is 5.82 Å². The third-order valence-corrected chi connectivity index (χ3v) is 2.47. The van der Waals surface area contributed by atoms with Crippen LogP contribution in [-0.2, 0) is 0 Å². The number of phenols is 1. The Labute approximate surface area is 101 Å². The highest BCUT2D eigenvalue weighted by molar-refractivity contribution is 5.96. The van der Waals surface area contributed by atoms with Crippen LogP contribution in [0, 0.1) is 11.6 Å². The van der Waals surface area contributed by atoms with Gasteiger partial charge in [-0.05, 0) is 41.5 Å². The fraction of sp³-hybridized carbons (Fsp3) is 0. The van der Waals surface area contributed by atoms with Gasteiger partial charge in [-0.3, -0.25) is 0 Å². The van der Waals surface area contributed by atoms with Crippen LogP contribution in [0.3, 0.4) is 0 Å². The Bertz CT molecular complexity index is 624. The van der Waals surface area contributed by atoms with Gasteiger partial charge >= 0.3 is 5.97 Å². The average Bonchev–Trinajstić information content (AvgIpc) is 2.32. The summed E-state index contributed by atoms with van der Waals surface area (Å²) in [6.07, 6.45) is 0. The van der Waals surface area contributed by atoms with Crippen molar-refractivity contribution in [1.82, 2.24) is 0 Å². The first-order chi connectivity index (χ1) is 8.49. The molecule has 5 heteroatoms. The number of rotatable bonds is 2. The molecule has 0 saturated carbocycles. The standard InChI is InChI=1S/C13H8F2O3/c14-8-2-3-9(13(17)18)10(6-8)7-1-4-12(16)11(15)5-7/h1-6,16H,(H,17,18). The topological polar surface area (TPSA) is 57.5 Å². The van der Waals surface area contributed by atoms with Gasteiger partial charge < -0.3 is 10.2 Å². The Morgan fingerprint density at radius 1 is 1.06 bits per heavy atom.